The molecular weight excluding hydrogens is 262 g/mol. The normalized spacial score (nSPS) is 23.8. The molecule has 19 heavy (non-hydrogen) atoms. The number of benzene rings is 1. The van der Waals surface area contributed by atoms with E-state index in [-0.39, 0.29) is 6.79 Å². The Balaban J connectivity index is 1.63. The summed E-state index contributed by atoms with van der Waals surface area (Å²) < 4.78 is 10.7. The van der Waals surface area contributed by atoms with Crippen LogP contribution in [0, 0.1) is 5.41 Å². The van der Waals surface area contributed by atoms with E-state index < -0.39 is 0 Å². The Bertz CT molecular complexity index is 487. The van der Waals surface area contributed by atoms with Crippen LogP contribution in [-0.2, 0) is 6.54 Å². The average molecular weight is 282 g/mol. The molecule has 1 atom stereocenters. The molecule has 1 aromatic carbocycles. The summed E-state index contributed by atoms with van der Waals surface area (Å²) in [5.41, 5.74) is 1.63. The number of fused-ring (bicyclic) bond motifs is 1. The van der Waals surface area contributed by atoms with Crippen LogP contribution in [0.1, 0.15) is 38.7 Å². The second-order valence-corrected chi connectivity index (χ2v) is 6.70. The third-order valence-electron chi connectivity index (χ3n) is 4.05. The van der Waals surface area contributed by atoms with Gasteiger partial charge in [0.2, 0.25) is 6.79 Å². The van der Waals surface area contributed by atoms with Crippen LogP contribution < -0.4 is 14.8 Å². The van der Waals surface area contributed by atoms with Crippen LogP contribution in [0.25, 0.3) is 0 Å². The topological polar surface area (TPSA) is 30.5 Å². The molecule has 0 aromatic heterocycles. The summed E-state index contributed by atoms with van der Waals surface area (Å²) in [6, 6.07) is 4.59. The highest BCUT2D eigenvalue weighted by molar-refractivity contribution is 6.32. The minimum atomic E-state index is 0.267. The Kier molecular flexibility index (Phi) is 3.35. The molecule has 0 spiro atoms. The fraction of sp³-hybridized carbons (Fsp3) is 0.600. The molecule has 1 fully saturated rings. The van der Waals surface area contributed by atoms with Gasteiger partial charge in [-0.2, -0.15) is 0 Å². The summed E-state index contributed by atoms with van der Waals surface area (Å²) in [6.07, 6.45) is 3.79. The lowest BCUT2D eigenvalue weighted by Gasteiger charge is -2.18. The van der Waals surface area contributed by atoms with Gasteiger partial charge in [0.25, 0.3) is 0 Å². The zero-order valence-corrected chi connectivity index (χ0v) is 12.2. The van der Waals surface area contributed by atoms with Gasteiger partial charge in [0.15, 0.2) is 11.5 Å². The van der Waals surface area contributed by atoms with E-state index in [1.807, 2.05) is 12.1 Å². The summed E-state index contributed by atoms with van der Waals surface area (Å²) in [5, 5.41) is 4.25. The smallest absolute Gasteiger partial charge is 0.231 e. The van der Waals surface area contributed by atoms with Crippen molar-refractivity contribution in [1.29, 1.82) is 0 Å². The fourth-order valence-corrected chi connectivity index (χ4v) is 3.28. The van der Waals surface area contributed by atoms with Gasteiger partial charge in [-0.05, 0) is 42.4 Å². The van der Waals surface area contributed by atoms with Crippen LogP contribution in [0.3, 0.4) is 0 Å². The first-order valence-corrected chi connectivity index (χ1v) is 7.23. The molecule has 1 unspecified atom stereocenters. The van der Waals surface area contributed by atoms with E-state index in [4.69, 9.17) is 21.1 Å². The predicted octanol–water partition coefficient (Wildman–Crippen LogP) is 3.74. The highest BCUT2D eigenvalue weighted by atomic mass is 35.5. The van der Waals surface area contributed by atoms with Gasteiger partial charge in [-0.15, -0.1) is 0 Å². The molecule has 3 nitrogen and oxygen atoms in total. The number of hydrogen-bond donors (Lipinski definition) is 1. The van der Waals surface area contributed by atoms with Crippen molar-refractivity contribution in [2.24, 2.45) is 5.41 Å². The maximum Gasteiger partial charge on any atom is 0.231 e. The maximum atomic E-state index is 6.18. The van der Waals surface area contributed by atoms with Crippen LogP contribution in [0.2, 0.25) is 5.02 Å². The van der Waals surface area contributed by atoms with Gasteiger partial charge < -0.3 is 14.8 Å². The zero-order chi connectivity index (χ0) is 13.5. The highest BCUT2D eigenvalue weighted by Crippen LogP contribution is 2.40. The number of halogens is 1. The SMILES string of the molecule is CC1(C)CCC(NCc2cc(Cl)c3c(c2)OCO3)C1. The van der Waals surface area contributed by atoms with E-state index in [9.17, 15) is 0 Å². The summed E-state index contributed by atoms with van der Waals surface area (Å²) in [7, 11) is 0. The number of rotatable bonds is 3. The monoisotopic (exact) mass is 281 g/mol. The highest BCUT2D eigenvalue weighted by Gasteiger charge is 2.30. The number of nitrogens with one attached hydrogen (secondary N) is 1. The second-order valence-electron chi connectivity index (χ2n) is 6.30. The lowest BCUT2D eigenvalue weighted by atomic mass is 9.92. The van der Waals surface area contributed by atoms with Crippen molar-refractivity contribution >= 4 is 11.6 Å². The molecule has 1 heterocycles. The summed E-state index contributed by atoms with van der Waals surface area (Å²) >= 11 is 6.18. The van der Waals surface area contributed by atoms with E-state index >= 15 is 0 Å². The van der Waals surface area contributed by atoms with Crippen LogP contribution in [0.4, 0.5) is 0 Å². The molecule has 1 aliphatic heterocycles. The van der Waals surface area contributed by atoms with Gasteiger partial charge >= 0.3 is 0 Å². The van der Waals surface area contributed by atoms with Crippen LogP contribution >= 0.6 is 11.6 Å². The van der Waals surface area contributed by atoms with Crippen molar-refractivity contribution in [1.82, 2.24) is 5.32 Å². The summed E-state index contributed by atoms with van der Waals surface area (Å²) in [5.74, 6) is 1.43. The minimum absolute atomic E-state index is 0.267. The molecule has 1 N–H and O–H groups in total. The fourth-order valence-electron chi connectivity index (χ4n) is 3.00. The molecule has 0 amide bonds. The molecule has 1 saturated carbocycles. The zero-order valence-electron chi connectivity index (χ0n) is 11.5. The molecule has 3 rings (SSSR count). The molecule has 0 bridgehead atoms. The van der Waals surface area contributed by atoms with Crippen LogP contribution in [-0.4, -0.2) is 12.8 Å². The molecule has 1 aromatic rings. The maximum absolute atomic E-state index is 6.18. The molecule has 0 radical (unpaired) electrons. The Morgan fingerprint density at radius 2 is 2.21 bits per heavy atom. The standard InChI is InChI=1S/C15H20ClNO2/c1-15(2)4-3-11(7-15)17-8-10-5-12(16)14-13(6-10)18-9-19-14/h5-6,11,17H,3-4,7-9H2,1-2H3. The van der Waals surface area contributed by atoms with E-state index in [1.54, 1.807) is 0 Å². The first kappa shape index (κ1) is 13.1. The van der Waals surface area contributed by atoms with Gasteiger partial charge in [-0.1, -0.05) is 25.4 Å². The predicted molar refractivity (Wildman–Crippen MR) is 75.8 cm³/mol. The van der Waals surface area contributed by atoms with Crippen LogP contribution in [0.15, 0.2) is 12.1 Å². The largest absolute Gasteiger partial charge is 0.454 e. The lowest BCUT2D eigenvalue weighted by molar-refractivity contribution is 0.174. The van der Waals surface area contributed by atoms with Crippen LogP contribution in [0.5, 0.6) is 11.5 Å². The van der Waals surface area contributed by atoms with Gasteiger partial charge in [0, 0.05) is 12.6 Å². The van der Waals surface area contributed by atoms with Crippen molar-refractivity contribution in [3.63, 3.8) is 0 Å². The van der Waals surface area contributed by atoms with Crippen molar-refractivity contribution < 1.29 is 9.47 Å². The Morgan fingerprint density at radius 3 is 2.95 bits per heavy atom. The quantitative estimate of drug-likeness (QED) is 0.916. The third-order valence-corrected chi connectivity index (χ3v) is 4.33. The van der Waals surface area contributed by atoms with E-state index in [1.165, 1.54) is 19.3 Å². The molecule has 2 aliphatic rings. The Labute approximate surface area is 119 Å². The summed E-state index contributed by atoms with van der Waals surface area (Å²) in [6.45, 7) is 5.78. The van der Waals surface area contributed by atoms with Crippen molar-refractivity contribution in [2.45, 2.75) is 45.7 Å². The number of hydrogen-bond acceptors (Lipinski definition) is 3. The number of ether oxygens (including phenoxy) is 2. The molecule has 1 aliphatic carbocycles. The first-order valence-electron chi connectivity index (χ1n) is 6.85. The molecule has 0 saturated heterocycles. The second kappa shape index (κ2) is 4.88. The molecule has 104 valence electrons. The van der Waals surface area contributed by atoms with Crippen molar-refractivity contribution in [3.05, 3.63) is 22.7 Å². The van der Waals surface area contributed by atoms with Gasteiger partial charge in [0.05, 0.1) is 5.02 Å². The average Bonchev–Trinajstić information content (AvgIpc) is 2.93. The minimum Gasteiger partial charge on any atom is -0.454 e. The van der Waals surface area contributed by atoms with Gasteiger partial charge in [-0.25, -0.2) is 0 Å². The molecule has 4 heteroatoms. The van der Waals surface area contributed by atoms with E-state index in [0.29, 0.717) is 22.2 Å². The first-order chi connectivity index (χ1) is 9.03. The van der Waals surface area contributed by atoms with Crippen molar-refractivity contribution in [2.75, 3.05) is 6.79 Å². The van der Waals surface area contributed by atoms with E-state index in [0.717, 1.165) is 17.9 Å². The summed E-state index contributed by atoms with van der Waals surface area (Å²) in [4.78, 5) is 0. The van der Waals surface area contributed by atoms with Gasteiger partial charge in [0.1, 0.15) is 0 Å². The van der Waals surface area contributed by atoms with E-state index in [2.05, 4.69) is 19.2 Å². The molecular formula is C15H20ClNO2. The third kappa shape index (κ3) is 2.82. The Hall–Kier alpha value is -0.930. The van der Waals surface area contributed by atoms with Gasteiger partial charge in [-0.3, -0.25) is 0 Å². The lowest BCUT2D eigenvalue weighted by Crippen LogP contribution is -2.26. The Morgan fingerprint density at radius 1 is 1.37 bits per heavy atom. The van der Waals surface area contributed by atoms with Crippen molar-refractivity contribution in [3.8, 4) is 11.5 Å².